The maximum Gasteiger partial charge on any atom is 0.231 e. The molecule has 20 heavy (non-hydrogen) atoms. The number of hydrogen-bond donors (Lipinski definition) is 0. The minimum Gasteiger partial charge on any atom is -0.477 e. The van der Waals surface area contributed by atoms with E-state index in [9.17, 15) is 5.26 Å². The lowest BCUT2D eigenvalue weighted by Crippen LogP contribution is -2.32. The zero-order valence-corrected chi connectivity index (χ0v) is 12.7. The fourth-order valence-corrected chi connectivity index (χ4v) is 2.16. The maximum absolute atomic E-state index is 9.22. The molecular weight excluding hydrogens is 252 g/mol. The van der Waals surface area contributed by atoms with Gasteiger partial charge in [-0.2, -0.15) is 5.26 Å². The van der Waals surface area contributed by atoms with E-state index in [-0.39, 0.29) is 5.60 Å². The molecule has 0 saturated heterocycles. The van der Waals surface area contributed by atoms with Crippen molar-refractivity contribution in [1.82, 2.24) is 4.98 Å². The van der Waals surface area contributed by atoms with E-state index in [1.54, 1.807) is 0 Å². The van der Waals surface area contributed by atoms with Gasteiger partial charge in [0.25, 0.3) is 0 Å². The van der Waals surface area contributed by atoms with E-state index in [1.165, 1.54) is 0 Å². The van der Waals surface area contributed by atoms with Gasteiger partial charge in [-0.1, -0.05) is 13.8 Å². The third kappa shape index (κ3) is 3.49. The average Bonchev–Trinajstić information content (AvgIpc) is 2.36. The Morgan fingerprint density at radius 2 is 2.25 bits per heavy atom. The van der Waals surface area contributed by atoms with Gasteiger partial charge in [0.15, 0.2) is 0 Å². The van der Waals surface area contributed by atoms with Crippen LogP contribution in [0.3, 0.4) is 0 Å². The first kappa shape index (κ1) is 14.8. The third-order valence-corrected chi connectivity index (χ3v) is 3.42. The molecule has 0 amide bonds. The van der Waals surface area contributed by atoms with Crippen LogP contribution in [-0.4, -0.2) is 17.2 Å². The standard InChI is InChI=1S/C16H22N2O2/c1-11(2)5-6-19-15-12(9-17)7-13-10-20-16(3,4)8-14(13)18-15/h7,11H,5-6,8,10H2,1-4H3. The summed E-state index contributed by atoms with van der Waals surface area (Å²) >= 11 is 0. The Bertz CT molecular complexity index is 530. The van der Waals surface area contributed by atoms with Crippen molar-refractivity contribution in [3.8, 4) is 11.9 Å². The van der Waals surface area contributed by atoms with Gasteiger partial charge < -0.3 is 9.47 Å². The van der Waals surface area contributed by atoms with E-state index in [4.69, 9.17) is 9.47 Å². The molecule has 4 nitrogen and oxygen atoms in total. The first-order chi connectivity index (χ1) is 9.41. The second-order valence-corrected chi connectivity index (χ2v) is 6.31. The molecular formula is C16H22N2O2. The van der Waals surface area contributed by atoms with Crippen molar-refractivity contribution in [3.63, 3.8) is 0 Å². The highest BCUT2D eigenvalue weighted by Gasteiger charge is 2.28. The van der Waals surface area contributed by atoms with Crippen LogP contribution in [0.4, 0.5) is 0 Å². The van der Waals surface area contributed by atoms with Crippen LogP contribution < -0.4 is 4.74 Å². The van der Waals surface area contributed by atoms with Gasteiger partial charge in [0.1, 0.15) is 11.6 Å². The molecule has 0 fully saturated rings. The summed E-state index contributed by atoms with van der Waals surface area (Å²) in [6.45, 7) is 9.50. The van der Waals surface area contributed by atoms with Crippen LogP contribution >= 0.6 is 0 Å². The lowest BCUT2D eigenvalue weighted by atomic mass is 9.95. The quantitative estimate of drug-likeness (QED) is 0.846. The first-order valence-corrected chi connectivity index (χ1v) is 7.11. The van der Waals surface area contributed by atoms with Crippen molar-refractivity contribution < 1.29 is 9.47 Å². The van der Waals surface area contributed by atoms with Crippen LogP contribution in [0.15, 0.2) is 6.07 Å². The molecule has 0 bridgehead atoms. The Kier molecular flexibility index (Phi) is 4.29. The molecule has 0 spiro atoms. The second kappa shape index (κ2) is 5.80. The number of pyridine rings is 1. The first-order valence-electron chi connectivity index (χ1n) is 7.11. The topological polar surface area (TPSA) is 55.1 Å². The Hall–Kier alpha value is -1.60. The molecule has 1 aliphatic heterocycles. The normalized spacial score (nSPS) is 16.6. The van der Waals surface area contributed by atoms with Crippen LogP contribution in [0.5, 0.6) is 5.88 Å². The van der Waals surface area contributed by atoms with Gasteiger partial charge in [-0.15, -0.1) is 0 Å². The summed E-state index contributed by atoms with van der Waals surface area (Å²) in [6.07, 6.45) is 1.70. The number of fused-ring (bicyclic) bond motifs is 1. The van der Waals surface area contributed by atoms with Crippen LogP contribution in [-0.2, 0) is 17.8 Å². The van der Waals surface area contributed by atoms with E-state index in [0.717, 1.165) is 24.1 Å². The molecule has 108 valence electrons. The molecule has 0 radical (unpaired) electrons. The summed E-state index contributed by atoms with van der Waals surface area (Å²) in [5.74, 6) is 1.04. The summed E-state index contributed by atoms with van der Waals surface area (Å²) in [4.78, 5) is 4.55. The number of rotatable bonds is 4. The summed E-state index contributed by atoms with van der Waals surface area (Å²) in [6, 6.07) is 4.01. The van der Waals surface area contributed by atoms with E-state index < -0.39 is 0 Å². The monoisotopic (exact) mass is 274 g/mol. The summed E-state index contributed by atoms with van der Waals surface area (Å²) in [7, 11) is 0. The van der Waals surface area contributed by atoms with Gasteiger partial charge in [0.2, 0.25) is 5.88 Å². The predicted molar refractivity (Wildman–Crippen MR) is 76.5 cm³/mol. The highest BCUT2D eigenvalue weighted by atomic mass is 16.5. The molecule has 0 saturated carbocycles. The molecule has 2 heterocycles. The summed E-state index contributed by atoms with van der Waals surface area (Å²) < 4.78 is 11.5. The van der Waals surface area contributed by atoms with Crippen molar-refractivity contribution in [2.75, 3.05) is 6.61 Å². The second-order valence-electron chi connectivity index (χ2n) is 6.31. The van der Waals surface area contributed by atoms with Gasteiger partial charge in [-0.05, 0) is 32.3 Å². The molecule has 0 unspecified atom stereocenters. The van der Waals surface area contributed by atoms with Crippen molar-refractivity contribution in [2.45, 2.75) is 52.7 Å². The van der Waals surface area contributed by atoms with E-state index in [2.05, 4.69) is 38.7 Å². The van der Waals surface area contributed by atoms with E-state index in [1.807, 2.05) is 6.07 Å². The molecule has 1 aromatic heterocycles. The van der Waals surface area contributed by atoms with Gasteiger partial charge in [0.05, 0.1) is 24.5 Å². The smallest absolute Gasteiger partial charge is 0.231 e. The van der Waals surface area contributed by atoms with Crippen molar-refractivity contribution in [1.29, 1.82) is 5.26 Å². The zero-order chi connectivity index (χ0) is 14.8. The van der Waals surface area contributed by atoms with Crippen molar-refractivity contribution in [2.24, 2.45) is 5.92 Å². The fraction of sp³-hybridized carbons (Fsp3) is 0.625. The number of aromatic nitrogens is 1. The van der Waals surface area contributed by atoms with Gasteiger partial charge >= 0.3 is 0 Å². The summed E-state index contributed by atoms with van der Waals surface area (Å²) in [5.41, 5.74) is 2.27. The Labute approximate surface area is 120 Å². The van der Waals surface area contributed by atoms with E-state index in [0.29, 0.717) is 30.6 Å². The predicted octanol–water partition coefficient (Wildman–Crippen LogP) is 3.23. The van der Waals surface area contributed by atoms with Crippen LogP contribution in [0, 0.1) is 17.2 Å². The van der Waals surface area contributed by atoms with Gasteiger partial charge in [-0.3, -0.25) is 0 Å². The molecule has 2 rings (SSSR count). The van der Waals surface area contributed by atoms with Gasteiger partial charge in [0, 0.05) is 12.0 Å². The Morgan fingerprint density at radius 3 is 2.90 bits per heavy atom. The van der Waals surface area contributed by atoms with Crippen LogP contribution in [0.25, 0.3) is 0 Å². The SMILES string of the molecule is CC(C)CCOc1nc2c(cc1C#N)COC(C)(C)C2. The minimum atomic E-state index is -0.205. The highest BCUT2D eigenvalue weighted by molar-refractivity contribution is 5.43. The maximum atomic E-state index is 9.22. The molecule has 0 N–H and O–H groups in total. The number of nitrogens with zero attached hydrogens (tertiary/aromatic N) is 2. The molecule has 4 heteroatoms. The Balaban J connectivity index is 2.21. The number of hydrogen-bond acceptors (Lipinski definition) is 4. The molecule has 1 aromatic rings. The zero-order valence-electron chi connectivity index (χ0n) is 12.7. The highest BCUT2D eigenvalue weighted by Crippen LogP contribution is 2.30. The van der Waals surface area contributed by atoms with E-state index >= 15 is 0 Å². The number of ether oxygens (including phenoxy) is 2. The van der Waals surface area contributed by atoms with Crippen molar-refractivity contribution >= 4 is 0 Å². The van der Waals surface area contributed by atoms with Crippen molar-refractivity contribution in [3.05, 3.63) is 22.9 Å². The fourth-order valence-electron chi connectivity index (χ4n) is 2.16. The molecule has 0 atom stereocenters. The molecule has 1 aliphatic rings. The largest absolute Gasteiger partial charge is 0.477 e. The third-order valence-electron chi connectivity index (χ3n) is 3.42. The van der Waals surface area contributed by atoms with Gasteiger partial charge in [-0.25, -0.2) is 4.98 Å². The summed E-state index contributed by atoms with van der Waals surface area (Å²) in [5, 5.41) is 9.22. The molecule has 0 aromatic carbocycles. The lowest BCUT2D eigenvalue weighted by Gasteiger charge is -2.31. The van der Waals surface area contributed by atoms with Crippen LogP contribution in [0.1, 0.15) is 50.9 Å². The minimum absolute atomic E-state index is 0.205. The molecule has 0 aliphatic carbocycles. The number of nitriles is 1. The Morgan fingerprint density at radius 1 is 1.50 bits per heavy atom. The average molecular weight is 274 g/mol. The lowest BCUT2D eigenvalue weighted by molar-refractivity contribution is -0.0414. The van der Waals surface area contributed by atoms with Crippen LogP contribution in [0.2, 0.25) is 0 Å².